The number of carboxylic acid groups (broad SMARTS) is 1. The van der Waals surface area contributed by atoms with Crippen LogP contribution in [0.3, 0.4) is 0 Å². The molecule has 0 saturated heterocycles. The highest BCUT2D eigenvalue weighted by Crippen LogP contribution is 2.23. The summed E-state index contributed by atoms with van der Waals surface area (Å²) >= 11 is 0. The van der Waals surface area contributed by atoms with Gasteiger partial charge in [0.15, 0.2) is 0 Å². The number of anilines is 1. The monoisotopic (exact) mass is 347 g/mol. The van der Waals surface area contributed by atoms with E-state index in [0.29, 0.717) is 31.0 Å². The number of benzene rings is 2. The molecule has 0 unspecified atom stereocenters. The number of hydrogen-bond donors (Lipinski definition) is 2. The highest BCUT2D eigenvalue weighted by Gasteiger charge is 2.13. The SMILES string of the molecule is CC(=O)Oc1ccc(NCCCOc2ccc(F)cc2)cc1C(=O)O. The van der Waals surface area contributed by atoms with Crippen molar-refractivity contribution >= 4 is 17.6 Å². The van der Waals surface area contributed by atoms with Crippen LogP contribution in [-0.2, 0) is 4.79 Å². The van der Waals surface area contributed by atoms with E-state index in [1.54, 1.807) is 18.2 Å². The molecule has 2 aromatic carbocycles. The fraction of sp³-hybridized carbons (Fsp3) is 0.222. The van der Waals surface area contributed by atoms with E-state index in [1.165, 1.54) is 31.2 Å². The number of carboxylic acids is 1. The largest absolute Gasteiger partial charge is 0.494 e. The van der Waals surface area contributed by atoms with Gasteiger partial charge in [0.05, 0.1) is 6.61 Å². The minimum atomic E-state index is -1.18. The van der Waals surface area contributed by atoms with E-state index in [9.17, 15) is 19.1 Å². The van der Waals surface area contributed by atoms with E-state index >= 15 is 0 Å². The van der Waals surface area contributed by atoms with Gasteiger partial charge in [0.1, 0.15) is 22.9 Å². The summed E-state index contributed by atoms with van der Waals surface area (Å²) in [6.07, 6.45) is 0.658. The Morgan fingerprint density at radius 2 is 1.88 bits per heavy atom. The average molecular weight is 347 g/mol. The molecule has 0 saturated carbocycles. The van der Waals surface area contributed by atoms with Crippen molar-refractivity contribution < 1.29 is 28.6 Å². The summed E-state index contributed by atoms with van der Waals surface area (Å²) in [5, 5.41) is 12.3. The molecule has 6 nitrogen and oxygen atoms in total. The molecule has 2 N–H and O–H groups in total. The Bertz CT molecular complexity index is 746. The third-order valence-corrected chi connectivity index (χ3v) is 3.20. The standard InChI is InChI=1S/C18H18FNO5/c1-12(21)25-17-8-5-14(11-16(17)18(22)23)20-9-2-10-24-15-6-3-13(19)4-7-15/h3-8,11,20H,2,9-10H2,1H3,(H,22,23). The molecule has 0 bridgehead atoms. The molecule has 0 aliphatic rings. The van der Waals surface area contributed by atoms with Crippen molar-refractivity contribution in [2.24, 2.45) is 0 Å². The molecule has 0 radical (unpaired) electrons. The topological polar surface area (TPSA) is 84.9 Å². The normalized spacial score (nSPS) is 10.2. The average Bonchev–Trinajstić information content (AvgIpc) is 2.56. The second-order valence-electron chi connectivity index (χ2n) is 5.19. The quantitative estimate of drug-likeness (QED) is 0.433. The minimum absolute atomic E-state index is 0.00481. The van der Waals surface area contributed by atoms with Crippen molar-refractivity contribution in [3.63, 3.8) is 0 Å². The van der Waals surface area contributed by atoms with Gasteiger partial charge < -0.3 is 19.9 Å². The number of esters is 1. The molecular formula is C18H18FNO5. The van der Waals surface area contributed by atoms with Gasteiger partial charge in [0.25, 0.3) is 0 Å². The molecule has 0 fully saturated rings. The third-order valence-electron chi connectivity index (χ3n) is 3.20. The van der Waals surface area contributed by atoms with Crippen molar-refractivity contribution in [1.82, 2.24) is 0 Å². The van der Waals surface area contributed by atoms with E-state index in [0.717, 1.165) is 0 Å². The molecule has 2 rings (SSSR count). The first-order chi connectivity index (χ1) is 12.0. The van der Waals surface area contributed by atoms with Crippen molar-refractivity contribution in [2.75, 3.05) is 18.5 Å². The van der Waals surface area contributed by atoms with Crippen LogP contribution in [0.1, 0.15) is 23.7 Å². The lowest BCUT2D eigenvalue weighted by molar-refractivity contribution is -0.131. The Morgan fingerprint density at radius 3 is 2.52 bits per heavy atom. The van der Waals surface area contributed by atoms with Crippen LogP contribution in [0.2, 0.25) is 0 Å². The van der Waals surface area contributed by atoms with E-state index in [-0.39, 0.29) is 17.1 Å². The molecule has 0 aliphatic carbocycles. The summed E-state index contributed by atoms with van der Waals surface area (Å²) in [6.45, 7) is 2.18. The summed E-state index contributed by atoms with van der Waals surface area (Å²) in [5.41, 5.74) is 0.498. The number of aromatic carboxylic acids is 1. The lowest BCUT2D eigenvalue weighted by Crippen LogP contribution is -2.10. The molecule has 132 valence electrons. The van der Waals surface area contributed by atoms with Gasteiger partial charge >= 0.3 is 11.9 Å². The Kier molecular flexibility index (Phi) is 6.33. The molecule has 0 amide bonds. The van der Waals surface area contributed by atoms with Gasteiger partial charge in [-0.05, 0) is 48.9 Å². The molecule has 0 aliphatic heterocycles. The minimum Gasteiger partial charge on any atom is -0.494 e. The van der Waals surface area contributed by atoms with E-state index in [2.05, 4.69) is 5.32 Å². The van der Waals surface area contributed by atoms with Crippen LogP contribution >= 0.6 is 0 Å². The van der Waals surface area contributed by atoms with Crippen molar-refractivity contribution in [3.05, 3.63) is 53.8 Å². The Hall–Kier alpha value is -3.09. The molecule has 0 aromatic heterocycles. The molecule has 7 heteroatoms. The Labute approximate surface area is 144 Å². The fourth-order valence-electron chi connectivity index (χ4n) is 2.08. The maximum Gasteiger partial charge on any atom is 0.339 e. The molecule has 0 atom stereocenters. The first-order valence-corrected chi connectivity index (χ1v) is 7.63. The summed E-state index contributed by atoms with van der Waals surface area (Å²) in [5.74, 6) is -1.49. The number of rotatable bonds is 8. The van der Waals surface area contributed by atoms with Crippen LogP contribution in [-0.4, -0.2) is 30.2 Å². The highest BCUT2D eigenvalue weighted by atomic mass is 19.1. The molecular weight excluding hydrogens is 329 g/mol. The van der Waals surface area contributed by atoms with Crippen LogP contribution in [0, 0.1) is 5.82 Å². The van der Waals surface area contributed by atoms with Gasteiger partial charge in [-0.15, -0.1) is 0 Å². The summed E-state index contributed by atoms with van der Waals surface area (Å²) in [4.78, 5) is 22.2. The van der Waals surface area contributed by atoms with Crippen LogP contribution in [0.4, 0.5) is 10.1 Å². The summed E-state index contributed by atoms with van der Waals surface area (Å²) in [7, 11) is 0. The van der Waals surface area contributed by atoms with Gasteiger partial charge in [0.2, 0.25) is 0 Å². The van der Waals surface area contributed by atoms with Gasteiger partial charge in [0, 0.05) is 19.2 Å². The van der Waals surface area contributed by atoms with Crippen molar-refractivity contribution in [2.45, 2.75) is 13.3 Å². The maximum absolute atomic E-state index is 12.8. The zero-order valence-electron chi connectivity index (χ0n) is 13.6. The molecule has 0 spiro atoms. The van der Waals surface area contributed by atoms with Crippen molar-refractivity contribution in [3.8, 4) is 11.5 Å². The zero-order valence-corrected chi connectivity index (χ0v) is 13.6. The van der Waals surface area contributed by atoms with Gasteiger partial charge in [-0.1, -0.05) is 0 Å². The number of halogens is 1. The number of nitrogens with one attached hydrogen (secondary N) is 1. The van der Waals surface area contributed by atoms with Gasteiger partial charge in [-0.3, -0.25) is 4.79 Å². The van der Waals surface area contributed by atoms with Crippen LogP contribution in [0.25, 0.3) is 0 Å². The second-order valence-corrected chi connectivity index (χ2v) is 5.19. The lowest BCUT2D eigenvalue weighted by atomic mass is 10.1. The smallest absolute Gasteiger partial charge is 0.339 e. The molecule has 25 heavy (non-hydrogen) atoms. The van der Waals surface area contributed by atoms with Crippen molar-refractivity contribution in [1.29, 1.82) is 0 Å². The predicted molar refractivity (Wildman–Crippen MR) is 89.7 cm³/mol. The second kappa shape index (κ2) is 8.68. The lowest BCUT2D eigenvalue weighted by Gasteiger charge is -2.11. The number of ether oxygens (including phenoxy) is 2. The highest BCUT2D eigenvalue weighted by molar-refractivity contribution is 5.93. The number of carbonyl (C=O) groups is 2. The summed E-state index contributed by atoms with van der Waals surface area (Å²) in [6, 6.07) is 10.2. The fourth-order valence-corrected chi connectivity index (χ4v) is 2.08. The van der Waals surface area contributed by atoms with Crippen LogP contribution in [0.15, 0.2) is 42.5 Å². The van der Waals surface area contributed by atoms with Crippen LogP contribution < -0.4 is 14.8 Å². The summed E-state index contributed by atoms with van der Waals surface area (Å²) < 4.78 is 23.1. The predicted octanol–water partition coefficient (Wildman–Crippen LogP) is 3.33. The third kappa shape index (κ3) is 5.80. The molecule has 0 heterocycles. The number of hydrogen-bond acceptors (Lipinski definition) is 5. The zero-order chi connectivity index (χ0) is 18.2. The number of carbonyl (C=O) groups excluding carboxylic acids is 1. The van der Waals surface area contributed by atoms with E-state index in [4.69, 9.17) is 9.47 Å². The van der Waals surface area contributed by atoms with Crippen LogP contribution in [0.5, 0.6) is 11.5 Å². The molecule has 2 aromatic rings. The van der Waals surface area contributed by atoms with Gasteiger partial charge in [-0.25, -0.2) is 9.18 Å². The maximum atomic E-state index is 12.8. The van der Waals surface area contributed by atoms with E-state index < -0.39 is 11.9 Å². The van der Waals surface area contributed by atoms with Gasteiger partial charge in [-0.2, -0.15) is 0 Å². The first kappa shape index (κ1) is 18.3. The Balaban J connectivity index is 1.84. The Morgan fingerprint density at radius 1 is 1.16 bits per heavy atom. The van der Waals surface area contributed by atoms with E-state index in [1.807, 2.05) is 0 Å². The first-order valence-electron chi connectivity index (χ1n) is 7.63.